The van der Waals surface area contributed by atoms with Crippen molar-refractivity contribution in [3.63, 3.8) is 0 Å². The largest absolute Gasteiger partial charge is 0.207 e. The SMILES string of the molecule is Fc1ccc(-c2cccc(-c3ccccc3F)c2)cc1. The molecule has 3 rings (SSSR count). The standard InChI is InChI=1S/C18H12F2/c19-16-10-8-13(9-11-16)14-4-3-5-15(12-14)17-6-1-2-7-18(17)20/h1-12H. The van der Waals surface area contributed by atoms with Crippen molar-refractivity contribution < 1.29 is 8.78 Å². The van der Waals surface area contributed by atoms with Crippen LogP contribution in [-0.4, -0.2) is 0 Å². The van der Waals surface area contributed by atoms with Gasteiger partial charge < -0.3 is 0 Å². The maximum atomic E-state index is 13.8. The average Bonchev–Trinajstić information content (AvgIpc) is 2.49. The molecule has 0 aromatic heterocycles. The quantitative estimate of drug-likeness (QED) is 0.590. The summed E-state index contributed by atoms with van der Waals surface area (Å²) >= 11 is 0. The minimum atomic E-state index is -0.265. The monoisotopic (exact) mass is 266 g/mol. The molecule has 0 aliphatic rings. The summed E-state index contributed by atoms with van der Waals surface area (Å²) < 4.78 is 26.8. The van der Waals surface area contributed by atoms with Gasteiger partial charge in [0.15, 0.2) is 0 Å². The van der Waals surface area contributed by atoms with E-state index in [2.05, 4.69) is 0 Å². The highest BCUT2D eigenvalue weighted by Crippen LogP contribution is 2.27. The van der Waals surface area contributed by atoms with Gasteiger partial charge in [0.05, 0.1) is 0 Å². The van der Waals surface area contributed by atoms with E-state index in [1.165, 1.54) is 18.2 Å². The lowest BCUT2D eigenvalue weighted by molar-refractivity contribution is 0.628. The van der Waals surface area contributed by atoms with Crippen LogP contribution in [0.4, 0.5) is 8.78 Å². The van der Waals surface area contributed by atoms with Crippen molar-refractivity contribution in [3.05, 3.63) is 84.4 Å². The van der Waals surface area contributed by atoms with Crippen LogP contribution in [0.2, 0.25) is 0 Å². The summed E-state index contributed by atoms with van der Waals surface area (Å²) in [4.78, 5) is 0. The third-order valence-electron chi connectivity index (χ3n) is 3.22. The summed E-state index contributed by atoms with van der Waals surface area (Å²) in [5, 5.41) is 0. The highest BCUT2D eigenvalue weighted by molar-refractivity contribution is 5.73. The summed E-state index contributed by atoms with van der Waals surface area (Å²) in [5.41, 5.74) is 3.22. The van der Waals surface area contributed by atoms with Crippen LogP contribution in [0.5, 0.6) is 0 Å². The summed E-state index contributed by atoms with van der Waals surface area (Å²) in [5.74, 6) is -0.511. The van der Waals surface area contributed by atoms with E-state index < -0.39 is 0 Å². The Morgan fingerprint density at radius 1 is 0.550 bits per heavy atom. The van der Waals surface area contributed by atoms with Crippen LogP contribution in [0, 0.1) is 11.6 Å². The maximum absolute atomic E-state index is 13.8. The Morgan fingerprint density at radius 2 is 1.25 bits per heavy atom. The van der Waals surface area contributed by atoms with E-state index in [0.29, 0.717) is 5.56 Å². The van der Waals surface area contributed by atoms with Gasteiger partial charge >= 0.3 is 0 Å². The van der Waals surface area contributed by atoms with Gasteiger partial charge in [-0.05, 0) is 41.0 Å². The second kappa shape index (κ2) is 5.25. The van der Waals surface area contributed by atoms with Crippen LogP contribution in [-0.2, 0) is 0 Å². The number of benzene rings is 3. The van der Waals surface area contributed by atoms with Crippen LogP contribution < -0.4 is 0 Å². The summed E-state index contributed by atoms with van der Waals surface area (Å²) in [7, 11) is 0. The first kappa shape index (κ1) is 12.5. The molecule has 0 amide bonds. The molecule has 0 aliphatic heterocycles. The lowest BCUT2D eigenvalue weighted by Gasteiger charge is -2.07. The van der Waals surface area contributed by atoms with Gasteiger partial charge in [-0.1, -0.05) is 48.5 Å². The Morgan fingerprint density at radius 3 is 2.00 bits per heavy atom. The third kappa shape index (κ3) is 2.45. The van der Waals surface area contributed by atoms with Crippen LogP contribution in [0.25, 0.3) is 22.3 Å². The van der Waals surface area contributed by atoms with Gasteiger partial charge in [0, 0.05) is 5.56 Å². The molecule has 98 valence electrons. The lowest BCUT2D eigenvalue weighted by Crippen LogP contribution is -1.85. The molecule has 0 saturated heterocycles. The van der Waals surface area contributed by atoms with Crippen LogP contribution in [0.15, 0.2) is 72.8 Å². The molecule has 3 aromatic carbocycles. The molecule has 20 heavy (non-hydrogen) atoms. The Labute approximate surface area is 116 Å². The molecule has 0 fully saturated rings. The lowest BCUT2D eigenvalue weighted by atomic mass is 9.99. The zero-order valence-corrected chi connectivity index (χ0v) is 10.7. The fraction of sp³-hybridized carbons (Fsp3) is 0. The number of hydrogen-bond acceptors (Lipinski definition) is 0. The number of hydrogen-bond donors (Lipinski definition) is 0. The molecule has 0 radical (unpaired) electrons. The molecule has 0 heterocycles. The zero-order chi connectivity index (χ0) is 13.9. The van der Waals surface area contributed by atoms with Gasteiger partial charge in [-0.25, -0.2) is 8.78 Å². The predicted octanol–water partition coefficient (Wildman–Crippen LogP) is 5.30. The molecule has 3 aromatic rings. The second-order valence-corrected chi connectivity index (χ2v) is 4.57. The number of halogens is 2. The molecule has 0 unspecified atom stereocenters. The van der Waals surface area contributed by atoms with Gasteiger partial charge in [-0.2, -0.15) is 0 Å². The molecular weight excluding hydrogens is 254 g/mol. The van der Waals surface area contributed by atoms with Crippen molar-refractivity contribution >= 4 is 0 Å². The van der Waals surface area contributed by atoms with E-state index in [0.717, 1.165) is 16.7 Å². The highest BCUT2D eigenvalue weighted by atomic mass is 19.1. The molecule has 2 heteroatoms. The average molecular weight is 266 g/mol. The first-order chi connectivity index (χ1) is 9.74. The van der Waals surface area contributed by atoms with E-state index in [1.807, 2.05) is 30.3 Å². The van der Waals surface area contributed by atoms with Gasteiger partial charge in [-0.3, -0.25) is 0 Å². The Bertz CT molecular complexity index is 730. The predicted molar refractivity (Wildman–Crippen MR) is 77.2 cm³/mol. The molecular formula is C18H12F2. The fourth-order valence-electron chi connectivity index (χ4n) is 2.20. The Kier molecular flexibility index (Phi) is 3.30. The van der Waals surface area contributed by atoms with Crippen LogP contribution in [0.3, 0.4) is 0 Å². The molecule has 0 saturated carbocycles. The minimum absolute atomic E-state index is 0.247. The highest BCUT2D eigenvalue weighted by Gasteiger charge is 2.05. The van der Waals surface area contributed by atoms with Crippen molar-refractivity contribution in [2.24, 2.45) is 0 Å². The Hall–Kier alpha value is -2.48. The van der Waals surface area contributed by atoms with Gasteiger partial charge in [0.2, 0.25) is 0 Å². The summed E-state index contributed by atoms with van der Waals surface area (Å²) in [6, 6.07) is 20.5. The Balaban J connectivity index is 2.06. The van der Waals surface area contributed by atoms with Gasteiger partial charge in [-0.15, -0.1) is 0 Å². The van der Waals surface area contributed by atoms with Crippen LogP contribution in [0.1, 0.15) is 0 Å². The van der Waals surface area contributed by atoms with Crippen molar-refractivity contribution in [1.82, 2.24) is 0 Å². The van der Waals surface area contributed by atoms with E-state index in [1.54, 1.807) is 24.3 Å². The van der Waals surface area contributed by atoms with E-state index >= 15 is 0 Å². The second-order valence-electron chi connectivity index (χ2n) is 4.57. The topological polar surface area (TPSA) is 0 Å². The molecule has 0 atom stereocenters. The van der Waals surface area contributed by atoms with Gasteiger partial charge in [0.1, 0.15) is 11.6 Å². The summed E-state index contributed by atoms with van der Waals surface area (Å²) in [6.07, 6.45) is 0. The molecule has 0 bridgehead atoms. The first-order valence-electron chi connectivity index (χ1n) is 6.35. The molecule has 0 spiro atoms. The maximum Gasteiger partial charge on any atom is 0.131 e. The third-order valence-corrected chi connectivity index (χ3v) is 3.22. The van der Waals surface area contributed by atoms with Crippen LogP contribution >= 0.6 is 0 Å². The first-order valence-corrected chi connectivity index (χ1v) is 6.35. The van der Waals surface area contributed by atoms with E-state index in [4.69, 9.17) is 0 Å². The molecule has 0 aliphatic carbocycles. The van der Waals surface area contributed by atoms with Gasteiger partial charge in [0.25, 0.3) is 0 Å². The van der Waals surface area contributed by atoms with Crippen molar-refractivity contribution in [1.29, 1.82) is 0 Å². The molecule has 0 nitrogen and oxygen atoms in total. The zero-order valence-electron chi connectivity index (χ0n) is 10.7. The van der Waals surface area contributed by atoms with E-state index in [9.17, 15) is 8.78 Å². The minimum Gasteiger partial charge on any atom is -0.207 e. The molecule has 0 N–H and O–H groups in total. The normalized spacial score (nSPS) is 10.5. The van der Waals surface area contributed by atoms with Crippen molar-refractivity contribution in [2.75, 3.05) is 0 Å². The smallest absolute Gasteiger partial charge is 0.131 e. The number of rotatable bonds is 2. The van der Waals surface area contributed by atoms with Crippen molar-refractivity contribution in [3.8, 4) is 22.3 Å². The van der Waals surface area contributed by atoms with E-state index in [-0.39, 0.29) is 11.6 Å². The van der Waals surface area contributed by atoms with Crippen molar-refractivity contribution in [2.45, 2.75) is 0 Å². The fourth-order valence-corrected chi connectivity index (χ4v) is 2.20. The summed E-state index contributed by atoms with van der Waals surface area (Å²) in [6.45, 7) is 0.